The highest BCUT2D eigenvalue weighted by Gasteiger charge is 2.14. The van der Waals surface area contributed by atoms with E-state index in [9.17, 15) is 9.90 Å². The van der Waals surface area contributed by atoms with Gasteiger partial charge in [-0.25, -0.2) is 0 Å². The van der Waals surface area contributed by atoms with Crippen LogP contribution in [0, 0.1) is 14.9 Å². The van der Waals surface area contributed by atoms with Crippen molar-refractivity contribution in [2.24, 2.45) is 0 Å². The molecule has 0 aromatic heterocycles. The van der Waals surface area contributed by atoms with Crippen LogP contribution in [0.5, 0.6) is 5.75 Å². The van der Waals surface area contributed by atoms with Gasteiger partial charge >= 0.3 is 0 Å². The molecule has 1 rings (SSSR count). The molecule has 1 aromatic carbocycles. The molecule has 0 radical (unpaired) electrons. The second-order valence-electron chi connectivity index (χ2n) is 3.14. The van der Waals surface area contributed by atoms with E-state index in [2.05, 4.69) is 0 Å². The van der Waals surface area contributed by atoms with Crippen LogP contribution < -0.4 is 0 Å². The lowest BCUT2D eigenvalue weighted by Crippen LogP contribution is -2.31. The van der Waals surface area contributed by atoms with Gasteiger partial charge in [0.25, 0.3) is 5.91 Å². The SMILES string of the molecule is CCN(CC#N)C(=O)c1ccc(I)c(O)c1. The predicted molar refractivity (Wildman–Crippen MR) is 68.0 cm³/mol. The number of amides is 1. The summed E-state index contributed by atoms with van der Waals surface area (Å²) in [5.74, 6) is -0.157. The second kappa shape index (κ2) is 5.70. The Bertz CT molecular complexity index is 440. The summed E-state index contributed by atoms with van der Waals surface area (Å²) in [6.07, 6.45) is 0. The van der Waals surface area contributed by atoms with Crippen molar-refractivity contribution >= 4 is 28.5 Å². The first-order valence-electron chi connectivity index (χ1n) is 4.75. The molecule has 0 saturated carbocycles. The fourth-order valence-electron chi connectivity index (χ4n) is 1.24. The minimum absolute atomic E-state index is 0.0576. The molecule has 1 amide bonds. The van der Waals surface area contributed by atoms with E-state index in [0.29, 0.717) is 15.7 Å². The molecule has 0 aliphatic heterocycles. The topological polar surface area (TPSA) is 64.3 Å². The van der Waals surface area contributed by atoms with E-state index in [-0.39, 0.29) is 18.2 Å². The maximum Gasteiger partial charge on any atom is 0.254 e. The molecular formula is C11H11IN2O2. The Morgan fingerprint density at radius 2 is 2.31 bits per heavy atom. The third kappa shape index (κ3) is 2.85. The predicted octanol–water partition coefficient (Wildman–Crippen LogP) is 1.98. The van der Waals surface area contributed by atoms with Gasteiger partial charge in [-0.05, 0) is 47.7 Å². The van der Waals surface area contributed by atoms with Crippen molar-refractivity contribution in [3.05, 3.63) is 27.3 Å². The smallest absolute Gasteiger partial charge is 0.254 e. The number of phenols is 1. The molecule has 0 unspecified atom stereocenters. The van der Waals surface area contributed by atoms with Crippen molar-refractivity contribution < 1.29 is 9.90 Å². The summed E-state index contributed by atoms with van der Waals surface area (Å²) >= 11 is 1.98. The van der Waals surface area contributed by atoms with Crippen molar-refractivity contribution in [2.75, 3.05) is 13.1 Å². The first-order valence-corrected chi connectivity index (χ1v) is 5.82. The van der Waals surface area contributed by atoms with Gasteiger partial charge in [-0.3, -0.25) is 4.79 Å². The number of aromatic hydroxyl groups is 1. The van der Waals surface area contributed by atoms with Crippen LogP contribution >= 0.6 is 22.6 Å². The van der Waals surface area contributed by atoms with Crippen molar-refractivity contribution in [3.63, 3.8) is 0 Å². The molecule has 0 aliphatic carbocycles. The van der Waals surface area contributed by atoms with Crippen LogP contribution in [-0.2, 0) is 0 Å². The fraction of sp³-hybridized carbons (Fsp3) is 0.273. The van der Waals surface area contributed by atoms with E-state index in [1.54, 1.807) is 12.1 Å². The lowest BCUT2D eigenvalue weighted by atomic mass is 10.2. The summed E-state index contributed by atoms with van der Waals surface area (Å²) in [4.78, 5) is 13.3. The number of carbonyl (C=O) groups excluding carboxylic acids is 1. The second-order valence-corrected chi connectivity index (χ2v) is 4.31. The average molecular weight is 330 g/mol. The van der Waals surface area contributed by atoms with Gasteiger partial charge in [0.05, 0.1) is 9.64 Å². The molecule has 0 fully saturated rings. The summed E-state index contributed by atoms with van der Waals surface area (Å²) in [7, 11) is 0. The van der Waals surface area contributed by atoms with Crippen LogP contribution in [0.15, 0.2) is 18.2 Å². The standard InChI is InChI=1S/C11H11IN2O2/c1-2-14(6-5-13)11(16)8-3-4-9(12)10(15)7-8/h3-4,7,15H,2,6H2,1H3. The zero-order valence-corrected chi connectivity index (χ0v) is 10.9. The molecule has 0 atom stereocenters. The molecule has 16 heavy (non-hydrogen) atoms. The van der Waals surface area contributed by atoms with Crippen LogP contribution in [0.2, 0.25) is 0 Å². The first kappa shape index (κ1) is 12.8. The number of hydrogen-bond acceptors (Lipinski definition) is 3. The maximum atomic E-state index is 11.9. The van der Waals surface area contributed by atoms with Crippen molar-refractivity contribution in [3.8, 4) is 11.8 Å². The molecule has 0 bridgehead atoms. The zero-order valence-electron chi connectivity index (χ0n) is 8.77. The molecular weight excluding hydrogens is 319 g/mol. The Kier molecular flexibility index (Phi) is 4.55. The third-order valence-electron chi connectivity index (χ3n) is 2.12. The molecule has 84 valence electrons. The van der Waals surface area contributed by atoms with Crippen molar-refractivity contribution in [2.45, 2.75) is 6.92 Å². The quantitative estimate of drug-likeness (QED) is 0.681. The monoisotopic (exact) mass is 330 g/mol. The van der Waals surface area contributed by atoms with Gasteiger partial charge in [-0.1, -0.05) is 0 Å². The fourth-order valence-corrected chi connectivity index (χ4v) is 1.58. The number of phenolic OH excluding ortho intramolecular Hbond substituents is 1. The number of halogens is 1. The van der Waals surface area contributed by atoms with Crippen LogP contribution in [0.3, 0.4) is 0 Å². The Morgan fingerprint density at radius 1 is 1.62 bits per heavy atom. The number of nitrogens with zero attached hydrogens (tertiary/aromatic N) is 2. The lowest BCUT2D eigenvalue weighted by Gasteiger charge is -2.17. The Balaban J connectivity index is 2.95. The molecule has 0 spiro atoms. The molecule has 1 N–H and O–H groups in total. The first-order chi connectivity index (χ1) is 7.60. The minimum atomic E-state index is -0.240. The number of hydrogen-bond donors (Lipinski definition) is 1. The normalized spacial score (nSPS) is 9.56. The van der Waals surface area contributed by atoms with Gasteiger partial charge in [0.2, 0.25) is 0 Å². The highest BCUT2D eigenvalue weighted by molar-refractivity contribution is 14.1. The number of nitriles is 1. The summed E-state index contributed by atoms with van der Waals surface area (Å²) in [5, 5.41) is 18.1. The molecule has 1 aromatic rings. The van der Waals surface area contributed by atoms with Crippen LogP contribution in [0.4, 0.5) is 0 Å². The van der Waals surface area contributed by atoms with Crippen LogP contribution in [0.1, 0.15) is 17.3 Å². The lowest BCUT2D eigenvalue weighted by molar-refractivity contribution is 0.0783. The largest absolute Gasteiger partial charge is 0.507 e. The highest BCUT2D eigenvalue weighted by atomic mass is 127. The average Bonchev–Trinajstić information content (AvgIpc) is 2.28. The molecule has 4 nitrogen and oxygen atoms in total. The van der Waals surface area contributed by atoms with Gasteiger partial charge in [0.1, 0.15) is 12.3 Å². The van der Waals surface area contributed by atoms with E-state index in [0.717, 1.165) is 0 Å². The van der Waals surface area contributed by atoms with Crippen LogP contribution in [0.25, 0.3) is 0 Å². The van der Waals surface area contributed by atoms with E-state index >= 15 is 0 Å². The van der Waals surface area contributed by atoms with Crippen molar-refractivity contribution in [1.29, 1.82) is 5.26 Å². The summed E-state index contributed by atoms with van der Waals surface area (Å²) in [5.41, 5.74) is 0.398. The van der Waals surface area contributed by atoms with E-state index in [1.165, 1.54) is 11.0 Å². The zero-order chi connectivity index (χ0) is 12.1. The molecule has 0 saturated heterocycles. The van der Waals surface area contributed by atoms with E-state index in [4.69, 9.17) is 5.26 Å². The Hall–Kier alpha value is -1.29. The molecule has 0 aliphatic rings. The Morgan fingerprint density at radius 3 is 2.81 bits per heavy atom. The number of rotatable bonds is 3. The Labute approximate surface area is 108 Å². The number of carbonyl (C=O) groups is 1. The van der Waals surface area contributed by atoms with Gasteiger partial charge < -0.3 is 10.0 Å². The van der Waals surface area contributed by atoms with E-state index in [1.807, 2.05) is 35.6 Å². The van der Waals surface area contributed by atoms with Crippen molar-refractivity contribution in [1.82, 2.24) is 4.90 Å². The molecule has 0 heterocycles. The van der Waals surface area contributed by atoms with Gasteiger partial charge in [0.15, 0.2) is 0 Å². The third-order valence-corrected chi connectivity index (χ3v) is 3.04. The van der Waals surface area contributed by atoms with Gasteiger partial charge in [-0.2, -0.15) is 5.26 Å². The summed E-state index contributed by atoms with van der Waals surface area (Å²) in [6.45, 7) is 2.34. The van der Waals surface area contributed by atoms with E-state index < -0.39 is 0 Å². The number of benzene rings is 1. The summed E-state index contributed by atoms with van der Waals surface area (Å²) < 4.78 is 0.692. The molecule has 5 heteroatoms. The summed E-state index contributed by atoms with van der Waals surface area (Å²) in [6, 6.07) is 6.67. The highest BCUT2D eigenvalue weighted by Crippen LogP contribution is 2.21. The van der Waals surface area contributed by atoms with Gasteiger partial charge in [-0.15, -0.1) is 0 Å². The maximum absolute atomic E-state index is 11.9. The van der Waals surface area contributed by atoms with Crippen LogP contribution in [-0.4, -0.2) is 29.0 Å². The minimum Gasteiger partial charge on any atom is -0.507 e. The van der Waals surface area contributed by atoms with Gasteiger partial charge in [0, 0.05) is 12.1 Å².